The minimum Gasteiger partial charge on any atom is -0.367 e. The molecule has 1 aliphatic rings. The van der Waals surface area contributed by atoms with Crippen LogP contribution >= 0.6 is 15.9 Å². The summed E-state index contributed by atoms with van der Waals surface area (Å²) in [6.45, 7) is 2.29. The van der Waals surface area contributed by atoms with Crippen molar-refractivity contribution in [2.75, 3.05) is 0 Å². The molecule has 30 heavy (non-hydrogen) atoms. The van der Waals surface area contributed by atoms with Gasteiger partial charge in [0.1, 0.15) is 0 Å². The van der Waals surface area contributed by atoms with Crippen molar-refractivity contribution in [3.8, 4) is 0 Å². The predicted octanol–water partition coefficient (Wildman–Crippen LogP) is 5.39. The van der Waals surface area contributed by atoms with E-state index in [2.05, 4.69) is 20.7 Å². The van der Waals surface area contributed by atoms with Gasteiger partial charge in [0.2, 0.25) is 10.0 Å². The fourth-order valence-electron chi connectivity index (χ4n) is 3.47. The molecule has 4 rings (SSSR count). The van der Waals surface area contributed by atoms with Gasteiger partial charge in [0.15, 0.2) is 0 Å². The molecule has 0 aromatic heterocycles. The normalized spacial score (nSPS) is 18.2. The Bertz CT molecular complexity index is 1170. The van der Waals surface area contributed by atoms with E-state index in [4.69, 9.17) is 4.74 Å². The third kappa shape index (κ3) is 4.57. The summed E-state index contributed by atoms with van der Waals surface area (Å²) in [6.07, 6.45) is 3.46. The number of halogens is 1. The molecule has 4 nitrogen and oxygen atoms in total. The van der Waals surface area contributed by atoms with Crippen LogP contribution in [-0.4, -0.2) is 14.5 Å². The summed E-state index contributed by atoms with van der Waals surface area (Å²) < 4.78 is 36.2. The van der Waals surface area contributed by atoms with E-state index >= 15 is 0 Å². The molecule has 0 saturated carbocycles. The molecule has 0 bridgehead atoms. The van der Waals surface area contributed by atoms with Crippen molar-refractivity contribution in [1.82, 2.24) is 4.72 Å². The van der Waals surface area contributed by atoms with E-state index in [0.717, 1.165) is 26.7 Å². The molecule has 1 N–H and O–H groups in total. The Balaban J connectivity index is 1.63. The number of hydrogen-bond donors (Lipinski definition) is 1. The van der Waals surface area contributed by atoms with Crippen LogP contribution in [0.25, 0.3) is 6.08 Å². The van der Waals surface area contributed by atoms with E-state index in [-0.39, 0.29) is 4.90 Å². The lowest BCUT2D eigenvalue weighted by Crippen LogP contribution is -2.38. The third-order valence-corrected chi connectivity index (χ3v) is 7.36. The van der Waals surface area contributed by atoms with Crippen LogP contribution in [-0.2, 0) is 21.4 Å². The molecule has 6 heteroatoms. The summed E-state index contributed by atoms with van der Waals surface area (Å²) in [4.78, 5) is 0.240. The monoisotopic (exact) mass is 483 g/mol. The molecule has 0 aliphatic heterocycles. The van der Waals surface area contributed by atoms with E-state index < -0.39 is 22.2 Å². The maximum Gasteiger partial charge on any atom is 0.241 e. The molecule has 0 saturated heterocycles. The van der Waals surface area contributed by atoms with E-state index in [1.807, 2.05) is 67.6 Å². The van der Waals surface area contributed by atoms with Crippen LogP contribution in [0.2, 0.25) is 0 Å². The number of benzene rings is 3. The zero-order valence-corrected chi connectivity index (χ0v) is 18.9. The first-order chi connectivity index (χ1) is 14.4. The standard InChI is InChI=1S/C24H22BrNO3S/c1-17-10-13-20(14-11-17)30(27,28)26-24-21-8-4-2-6-18(21)12-15-23(24)29-16-19-7-3-5-9-22(19)25/h2-15,23-24,26H,16H2,1H3/t23-,24-/m1/s1. The molecule has 0 radical (unpaired) electrons. The van der Waals surface area contributed by atoms with Gasteiger partial charge in [0.25, 0.3) is 0 Å². The summed E-state index contributed by atoms with van der Waals surface area (Å²) >= 11 is 3.54. The van der Waals surface area contributed by atoms with Crippen LogP contribution in [0.15, 0.2) is 88.2 Å². The molecule has 0 unspecified atom stereocenters. The molecular weight excluding hydrogens is 462 g/mol. The van der Waals surface area contributed by atoms with Gasteiger partial charge in [0, 0.05) is 4.47 Å². The highest BCUT2D eigenvalue weighted by molar-refractivity contribution is 9.10. The first-order valence-corrected chi connectivity index (χ1v) is 11.9. The van der Waals surface area contributed by atoms with Crippen LogP contribution in [0.4, 0.5) is 0 Å². The third-order valence-electron chi connectivity index (χ3n) is 5.13. The predicted molar refractivity (Wildman–Crippen MR) is 122 cm³/mol. The van der Waals surface area contributed by atoms with Crippen molar-refractivity contribution < 1.29 is 13.2 Å². The molecule has 154 valence electrons. The lowest BCUT2D eigenvalue weighted by molar-refractivity contribution is 0.0502. The highest BCUT2D eigenvalue weighted by Crippen LogP contribution is 2.32. The zero-order valence-electron chi connectivity index (χ0n) is 16.5. The van der Waals surface area contributed by atoms with Crippen LogP contribution in [0, 0.1) is 6.92 Å². The van der Waals surface area contributed by atoms with Crippen LogP contribution in [0.5, 0.6) is 0 Å². The molecule has 3 aromatic carbocycles. The number of nitrogens with one attached hydrogen (secondary N) is 1. The first kappa shape index (κ1) is 21.0. The Hall–Kier alpha value is -2.25. The van der Waals surface area contributed by atoms with Gasteiger partial charge in [-0.1, -0.05) is 88.2 Å². The van der Waals surface area contributed by atoms with Crippen molar-refractivity contribution in [3.05, 3.63) is 106 Å². The molecule has 3 aromatic rings. The maximum absolute atomic E-state index is 13.1. The average molecular weight is 484 g/mol. The largest absolute Gasteiger partial charge is 0.367 e. The van der Waals surface area contributed by atoms with E-state index in [1.54, 1.807) is 24.3 Å². The molecule has 2 atom stereocenters. The highest BCUT2D eigenvalue weighted by atomic mass is 79.9. The molecule has 0 amide bonds. The van der Waals surface area contributed by atoms with Crippen molar-refractivity contribution in [1.29, 1.82) is 0 Å². The Morgan fingerprint density at radius 1 is 0.967 bits per heavy atom. The molecule has 1 aliphatic carbocycles. The van der Waals surface area contributed by atoms with Crippen molar-refractivity contribution in [2.24, 2.45) is 0 Å². The van der Waals surface area contributed by atoms with E-state index in [0.29, 0.717) is 6.61 Å². The second-order valence-electron chi connectivity index (χ2n) is 7.27. The van der Waals surface area contributed by atoms with E-state index in [1.165, 1.54) is 0 Å². The van der Waals surface area contributed by atoms with Gasteiger partial charge >= 0.3 is 0 Å². The zero-order chi connectivity index (χ0) is 21.1. The quantitative estimate of drug-likeness (QED) is 0.511. The van der Waals surface area contributed by atoms with E-state index in [9.17, 15) is 8.42 Å². The number of rotatable bonds is 6. The van der Waals surface area contributed by atoms with Crippen molar-refractivity contribution in [2.45, 2.75) is 30.6 Å². The molecular formula is C24H22BrNO3S. The topological polar surface area (TPSA) is 55.4 Å². The van der Waals surface area contributed by atoms with Crippen LogP contribution in [0.3, 0.4) is 0 Å². The Kier molecular flexibility index (Phi) is 6.20. The van der Waals surface area contributed by atoms with Crippen LogP contribution in [0.1, 0.15) is 28.3 Å². The van der Waals surface area contributed by atoms with Gasteiger partial charge in [-0.05, 0) is 41.8 Å². The lowest BCUT2D eigenvalue weighted by atomic mass is 9.91. The summed E-state index contributed by atoms with van der Waals surface area (Å²) in [6, 6.07) is 21.9. The van der Waals surface area contributed by atoms with Gasteiger partial charge in [-0.3, -0.25) is 0 Å². The maximum atomic E-state index is 13.1. The fourth-order valence-corrected chi connectivity index (χ4v) is 5.09. The lowest BCUT2D eigenvalue weighted by Gasteiger charge is -2.30. The Morgan fingerprint density at radius 3 is 2.43 bits per heavy atom. The minimum atomic E-state index is -3.72. The van der Waals surface area contributed by atoms with Crippen molar-refractivity contribution in [3.63, 3.8) is 0 Å². The second kappa shape index (κ2) is 8.86. The summed E-state index contributed by atoms with van der Waals surface area (Å²) in [5.41, 5.74) is 3.89. The highest BCUT2D eigenvalue weighted by Gasteiger charge is 2.31. The number of sulfonamides is 1. The Labute approximate surface area is 185 Å². The van der Waals surface area contributed by atoms with Gasteiger partial charge in [-0.25, -0.2) is 13.1 Å². The number of ether oxygens (including phenoxy) is 1. The molecule has 0 fully saturated rings. The number of hydrogen-bond acceptors (Lipinski definition) is 3. The smallest absolute Gasteiger partial charge is 0.241 e. The first-order valence-electron chi connectivity index (χ1n) is 9.65. The number of aryl methyl sites for hydroxylation is 1. The van der Waals surface area contributed by atoms with Gasteiger partial charge in [-0.15, -0.1) is 0 Å². The van der Waals surface area contributed by atoms with Gasteiger partial charge < -0.3 is 4.74 Å². The SMILES string of the molecule is Cc1ccc(S(=O)(=O)N[C@@H]2c3ccccc3C=C[C@H]2OCc2ccccc2Br)cc1. The minimum absolute atomic E-state index is 0.240. The van der Waals surface area contributed by atoms with Crippen LogP contribution < -0.4 is 4.72 Å². The van der Waals surface area contributed by atoms with Gasteiger partial charge in [0.05, 0.1) is 23.6 Å². The molecule has 0 heterocycles. The van der Waals surface area contributed by atoms with Gasteiger partial charge in [-0.2, -0.15) is 0 Å². The Morgan fingerprint density at radius 2 is 1.67 bits per heavy atom. The average Bonchev–Trinajstić information content (AvgIpc) is 2.74. The molecule has 0 spiro atoms. The number of fused-ring (bicyclic) bond motifs is 1. The summed E-state index contributed by atoms with van der Waals surface area (Å²) in [5, 5.41) is 0. The summed E-state index contributed by atoms with van der Waals surface area (Å²) in [5.74, 6) is 0. The fraction of sp³-hybridized carbons (Fsp3) is 0.167. The summed E-state index contributed by atoms with van der Waals surface area (Å²) in [7, 11) is -3.72. The second-order valence-corrected chi connectivity index (χ2v) is 9.84. The van der Waals surface area contributed by atoms with Crippen molar-refractivity contribution >= 4 is 32.0 Å².